The van der Waals surface area contributed by atoms with Crippen molar-refractivity contribution in [2.75, 3.05) is 14.2 Å². The third kappa shape index (κ3) is 3.11. The number of carbonyl (C=O) groups excluding carboxylic acids is 2. The Morgan fingerprint density at radius 1 is 1.12 bits per heavy atom. The maximum Gasteiger partial charge on any atom is 0.324 e. The van der Waals surface area contributed by atoms with E-state index in [-0.39, 0.29) is 5.02 Å². The summed E-state index contributed by atoms with van der Waals surface area (Å²) < 4.78 is 9.09. The fourth-order valence-corrected chi connectivity index (χ4v) is 1.84. The van der Waals surface area contributed by atoms with E-state index in [2.05, 4.69) is 9.47 Å². The van der Waals surface area contributed by atoms with Crippen molar-refractivity contribution in [2.24, 2.45) is 0 Å². The number of hydrogen-bond acceptors (Lipinski definition) is 4. The van der Waals surface area contributed by atoms with Gasteiger partial charge in [-0.1, -0.05) is 29.3 Å². The summed E-state index contributed by atoms with van der Waals surface area (Å²) in [5, 5.41) is 0.616. The second kappa shape index (κ2) is 5.89. The van der Waals surface area contributed by atoms with Crippen LogP contribution in [0.3, 0.4) is 0 Å². The van der Waals surface area contributed by atoms with Gasteiger partial charge in [0.2, 0.25) is 0 Å². The predicted octanol–water partition coefficient (Wildman–Crippen LogP) is 2.42. The molecule has 0 unspecified atom stereocenters. The molecule has 1 aromatic rings. The van der Waals surface area contributed by atoms with E-state index in [0.29, 0.717) is 10.6 Å². The minimum absolute atomic E-state index is 0.207. The summed E-state index contributed by atoms with van der Waals surface area (Å²) in [7, 11) is 2.37. The van der Waals surface area contributed by atoms with Crippen molar-refractivity contribution in [2.45, 2.75) is 5.92 Å². The molecule has 0 heterocycles. The van der Waals surface area contributed by atoms with Gasteiger partial charge in [0.25, 0.3) is 0 Å². The summed E-state index contributed by atoms with van der Waals surface area (Å²) in [4.78, 5) is 23.1. The van der Waals surface area contributed by atoms with Crippen LogP contribution in [-0.2, 0) is 19.1 Å². The van der Waals surface area contributed by atoms with Crippen LogP contribution in [0.1, 0.15) is 11.5 Å². The van der Waals surface area contributed by atoms with Gasteiger partial charge in [0.15, 0.2) is 5.92 Å². The summed E-state index contributed by atoms with van der Waals surface area (Å²) >= 11 is 11.7. The van der Waals surface area contributed by atoms with Crippen molar-refractivity contribution >= 4 is 35.1 Å². The van der Waals surface area contributed by atoms with Crippen molar-refractivity contribution in [3.05, 3.63) is 33.8 Å². The first-order valence-electron chi connectivity index (χ1n) is 4.62. The Morgan fingerprint density at radius 3 is 2.06 bits per heavy atom. The molecule has 0 aliphatic carbocycles. The maximum absolute atomic E-state index is 11.5. The Balaban J connectivity index is 3.22. The van der Waals surface area contributed by atoms with E-state index in [0.717, 1.165) is 0 Å². The fourth-order valence-electron chi connectivity index (χ4n) is 1.32. The van der Waals surface area contributed by atoms with Crippen molar-refractivity contribution in [1.82, 2.24) is 0 Å². The largest absolute Gasteiger partial charge is 0.468 e. The predicted molar refractivity (Wildman–Crippen MR) is 63.2 cm³/mol. The molecule has 0 radical (unpaired) electrons. The Kier molecular flexibility index (Phi) is 4.78. The van der Waals surface area contributed by atoms with Crippen molar-refractivity contribution in [3.8, 4) is 0 Å². The number of esters is 2. The zero-order valence-corrected chi connectivity index (χ0v) is 10.7. The van der Waals surface area contributed by atoms with E-state index >= 15 is 0 Å². The van der Waals surface area contributed by atoms with E-state index in [4.69, 9.17) is 23.2 Å². The van der Waals surface area contributed by atoms with Gasteiger partial charge in [0.05, 0.1) is 14.2 Å². The van der Waals surface area contributed by atoms with Gasteiger partial charge < -0.3 is 9.47 Å². The average molecular weight is 277 g/mol. The minimum Gasteiger partial charge on any atom is -0.468 e. The van der Waals surface area contributed by atoms with Crippen molar-refractivity contribution in [1.29, 1.82) is 0 Å². The normalized spacial score (nSPS) is 10.2. The standard InChI is InChI=1S/C11H10Cl2O4/c1-16-10(14)9(11(15)17-2)7-4-3-6(12)5-8(7)13/h3-5,9H,1-2H3. The second-order valence-corrected chi connectivity index (χ2v) is 3.99. The minimum atomic E-state index is -1.20. The van der Waals surface area contributed by atoms with E-state index < -0.39 is 17.9 Å². The third-order valence-electron chi connectivity index (χ3n) is 2.15. The molecule has 0 amide bonds. The summed E-state index contributed by atoms with van der Waals surface area (Å²) in [6.07, 6.45) is 0. The first-order chi connectivity index (χ1) is 8.01. The molecular formula is C11H10Cl2O4. The van der Waals surface area contributed by atoms with Crippen LogP contribution in [0, 0.1) is 0 Å². The number of rotatable bonds is 3. The number of carbonyl (C=O) groups is 2. The highest BCUT2D eigenvalue weighted by molar-refractivity contribution is 6.35. The first-order valence-corrected chi connectivity index (χ1v) is 5.37. The average Bonchev–Trinajstić information content (AvgIpc) is 2.31. The summed E-state index contributed by atoms with van der Waals surface area (Å²) in [6.45, 7) is 0. The first kappa shape index (κ1) is 13.8. The van der Waals surface area contributed by atoms with Gasteiger partial charge >= 0.3 is 11.9 Å². The zero-order valence-electron chi connectivity index (χ0n) is 9.20. The lowest BCUT2D eigenvalue weighted by Gasteiger charge is -2.14. The van der Waals surface area contributed by atoms with Crippen LogP contribution in [0.25, 0.3) is 0 Å². The SMILES string of the molecule is COC(=O)C(C(=O)OC)c1ccc(Cl)cc1Cl. The van der Waals surface area contributed by atoms with Crippen LogP contribution in [0.15, 0.2) is 18.2 Å². The zero-order chi connectivity index (χ0) is 13.0. The second-order valence-electron chi connectivity index (χ2n) is 3.15. The lowest BCUT2D eigenvalue weighted by molar-refractivity contribution is -0.154. The van der Waals surface area contributed by atoms with Gasteiger partial charge in [-0.15, -0.1) is 0 Å². The van der Waals surface area contributed by atoms with Crippen molar-refractivity contribution < 1.29 is 19.1 Å². The molecule has 0 fully saturated rings. The molecule has 1 aromatic carbocycles. The molecule has 4 nitrogen and oxygen atoms in total. The molecule has 17 heavy (non-hydrogen) atoms. The molecule has 0 N–H and O–H groups in total. The molecule has 0 aliphatic heterocycles. The number of ether oxygens (including phenoxy) is 2. The number of hydrogen-bond donors (Lipinski definition) is 0. The van der Waals surface area contributed by atoms with Gasteiger partial charge in [-0.3, -0.25) is 9.59 Å². The van der Waals surface area contributed by atoms with Gasteiger partial charge in [-0.2, -0.15) is 0 Å². The molecule has 0 bridgehead atoms. The van der Waals surface area contributed by atoms with E-state index in [1.54, 1.807) is 0 Å². The van der Waals surface area contributed by atoms with Crippen LogP contribution in [0.4, 0.5) is 0 Å². The quantitative estimate of drug-likeness (QED) is 0.629. The van der Waals surface area contributed by atoms with Gasteiger partial charge in [0.1, 0.15) is 0 Å². The Morgan fingerprint density at radius 2 is 1.65 bits per heavy atom. The Bertz CT molecular complexity index is 429. The number of benzene rings is 1. The Labute approximate surface area is 108 Å². The number of halogens is 2. The molecule has 0 aromatic heterocycles. The van der Waals surface area contributed by atoms with E-state index in [1.807, 2.05) is 0 Å². The molecule has 0 saturated heterocycles. The molecule has 1 rings (SSSR count). The van der Waals surface area contributed by atoms with Gasteiger partial charge in [0, 0.05) is 10.0 Å². The molecule has 0 aliphatic rings. The lowest BCUT2D eigenvalue weighted by Crippen LogP contribution is -2.24. The molecule has 0 spiro atoms. The van der Waals surface area contributed by atoms with Gasteiger partial charge in [-0.25, -0.2) is 0 Å². The lowest BCUT2D eigenvalue weighted by atomic mass is 9.99. The topological polar surface area (TPSA) is 52.6 Å². The molecule has 6 heteroatoms. The highest BCUT2D eigenvalue weighted by Crippen LogP contribution is 2.29. The van der Waals surface area contributed by atoms with Crippen molar-refractivity contribution in [3.63, 3.8) is 0 Å². The highest BCUT2D eigenvalue weighted by Gasteiger charge is 2.32. The number of methoxy groups -OCH3 is 2. The maximum atomic E-state index is 11.5. The van der Waals surface area contributed by atoms with E-state index in [1.165, 1.54) is 32.4 Å². The molecule has 0 saturated carbocycles. The molecular weight excluding hydrogens is 267 g/mol. The Hall–Kier alpha value is -1.26. The fraction of sp³-hybridized carbons (Fsp3) is 0.273. The van der Waals surface area contributed by atoms with Gasteiger partial charge in [-0.05, 0) is 17.7 Å². The van der Waals surface area contributed by atoms with Crippen LogP contribution in [-0.4, -0.2) is 26.2 Å². The summed E-state index contributed by atoms with van der Waals surface area (Å²) in [5.74, 6) is -2.67. The molecule has 0 atom stereocenters. The summed E-state index contributed by atoms with van der Waals surface area (Å²) in [5.41, 5.74) is 0.301. The van der Waals surface area contributed by atoms with Crippen LogP contribution >= 0.6 is 23.2 Å². The van der Waals surface area contributed by atoms with Crippen LogP contribution < -0.4 is 0 Å². The molecule has 92 valence electrons. The van der Waals surface area contributed by atoms with Crippen LogP contribution in [0.2, 0.25) is 10.0 Å². The van der Waals surface area contributed by atoms with E-state index in [9.17, 15) is 9.59 Å². The third-order valence-corrected chi connectivity index (χ3v) is 2.71. The highest BCUT2D eigenvalue weighted by atomic mass is 35.5. The smallest absolute Gasteiger partial charge is 0.324 e. The monoisotopic (exact) mass is 276 g/mol. The summed E-state index contributed by atoms with van der Waals surface area (Å²) in [6, 6.07) is 4.46. The van der Waals surface area contributed by atoms with Crippen LogP contribution in [0.5, 0.6) is 0 Å².